The summed E-state index contributed by atoms with van der Waals surface area (Å²) in [4.78, 5) is 2.13. The van der Waals surface area contributed by atoms with E-state index in [2.05, 4.69) is 155 Å². The molecule has 4 rings (SSSR count). The van der Waals surface area contributed by atoms with Crippen molar-refractivity contribution < 1.29 is 4.57 Å². The summed E-state index contributed by atoms with van der Waals surface area (Å²) in [5, 5.41) is 1.31. The molecule has 0 N–H and O–H groups in total. The predicted molar refractivity (Wildman–Crippen MR) is 145 cm³/mol. The first-order valence-corrected chi connectivity index (χ1v) is 15.5. The van der Waals surface area contributed by atoms with Gasteiger partial charge in [-0.05, 0) is 0 Å². The maximum absolute atomic E-state index is 4.54. The van der Waals surface area contributed by atoms with Gasteiger partial charge in [-0.2, -0.15) is 0 Å². The summed E-state index contributed by atoms with van der Waals surface area (Å²) in [6.45, 7) is 0.976. The van der Waals surface area contributed by atoms with Crippen LogP contribution >= 0.6 is 20.8 Å². The number of aromatic nitrogens is 1. The first kappa shape index (κ1) is 22.7. The van der Waals surface area contributed by atoms with Crippen molar-refractivity contribution in [3.8, 4) is 0 Å². The number of hydrogen-bond acceptors (Lipinski definition) is 1. The van der Waals surface area contributed by atoms with E-state index in [1.54, 1.807) is 0 Å². The van der Waals surface area contributed by atoms with Crippen molar-refractivity contribution in [1.29, 1.82) is 0 Å². The average molecular weight is 506 g/mol. The van der Waals surface area contributed by atoms with Gasteiger partial charge in [-0.25, -0.2) is 0 Å². The number of pyridine rings is 1. The maximum atomic E-state index is 4.54. The summed E-state index contributed by atoms with van der Waals surface area (Å²) in [6, 6.07) is 37.5. The van der Waals surface area contributed by atoms with E-state index >= 15 is 0 Å². The van der Waals surface area contributed by atoms with E-state index in [0.717, 1.165) is 19.1 Å². The molecule has 0 bridgehead atoms. The van der Waals surface area contributed by atoms with Gasteiger partial charge >= 0.3 is 201 Å². The fraction of sp³-hybridized carbons (Fsp3) is 0.179. The molecule has 0 aliphatic rings. The van der Waals surface area contributed by atoms with Crippen LogP contribution in [-0.2, 0) is 6.54 Å². The topological polar surface area (TPSA) is 7.12 Å². The number of rotatable bonds is 8. The monoisotopic (exact) mass is 505 g/mol. The molecule has 4 heteroatoms. The molecule has 2 nitrogen and oxygen atoms in total. The molecule has 1 heterocycles. The number of halogens is 1. The molecule has 164 valence electrons. The van der Waals surface area contributed by atoms with E-state index < -0.39 is 5.31 Å². The number of aryl methyl sites for hydroxylation is 1. The van der Waals surface area contributed by atoms with Crippen molar-refractivity contribution in [2.24, 2.45) is 0 Å². The number of hydrogen-bond donors (Lipinski definition) is 0. The van der Waals surface area contributed by atoms with Gasteiger partial charge in [0.1, 0.15) is 0 Å². The Bertz CT molecular complexity index is 1030. The molecule has 0 spiro atoms. The van der Waals surface area contributed by atoms with Gasteiger partial charge < -0.3 is 0 Å². The Labute approximate surface area is 200 Å². The molecule has 32 heavy (non-hydrogen) atoms. The third-order valence-electron chi connectivity index (χ3n) is 6.27. The Hall–Kier alpha value is -2.48. The average Bonchev–Trinajstić information content (AvgIpc) is 2.86. The Kier molecular flexibility index (Phi) is 6.79. The zero-order chi connectivity index (χ0) is 22.5. The Balaban J connectivity index is 1.77. The van der Waals surface area contributed by atoms with Crippen LogP contribution in [0, 0.1) is 0 Å². The first-order valence-electron chi connectivity index (χ1n) is 11.1. The van der Waals surface area contributed by atoms with Crippen LogP contribution in [0.25, 0.3) is 0 Å². The van der Waals surface area contributed by atoms with Crippen molar-refractivity contribution in [2.75, 3.05) is 25.2 Å². The predicted octanol–water partition coefficient (Wildman–Crippen LogP) is 5.27. The molecule has 0 aliphatic carbocycles. The molecule has 0 atom stereocenters. The fourth-order valence-corrected chi connectivity index (χ4v) is 12.2. The zero-order valence-electron chi connectivity index (χ0n) is 18.8. The second-order valence-corrected chi connectivity index (χ2v) is 17.5. The number of benzene rings is 3. The first-order chi connectivity index (χ1) is 15.5. The minimum atomic E-state index is -2.83. The summed E-state index contributed by atoms with van der Waals surface area (Å²) in [7, 11) is 4.15. The van der Waals surface area contributed by atoms with Crippen molar-refractivity contribution in [1.82, 2.24) is 0 Å². The van der Waals surface area contributed by atoms with Gasteiger partial charge in [0.25, 0.3) is 0 Å². The molecule has 0 fully saturated rings. The van der Waals surface area contributed by atoms with Gasteiger partial charge in [-0.3, -0.25) is 0 Å². The summed E-state index contributed by atoms with van der Waals surface area (Å²) in [5.74, 6) is 0. The van der Waals surface area contributed by atoms with Gasteiger partial charge in [0, 0.05) is 0 Å². The summed E-state index contributed by atoms with van der Waals surface area (Å²) in [5.41, 5.74) is 1.22. The van der Waals surface area contributed by atoms with Gasteiger partial charge in [-0.15, -0.1) is 0 Å². The van der Waals surface area contributed by atoms with Crippen molar-refractivity contribution >= 4 is 42.4 Å². The van der Waals surface area contributed by atoms with E-state index in [1.165, 1.54) is 21.6 Å². The van der Waals surface area contributed by atoms with Crippen LogP contribution in [-0.4, -0.2) is 20.3 Å². The van der Waals surface area contributed by atoms with Crippen LogP contribution in [0.4, 0.5) is 5.69 Å². The quantitative estimate of drug-likeness (QED) is 0.233. The third-order valence-corrected chi connectivity index (χ3v) is 16.3. The molecule has 4 aromatic rings. The second-order valence-electron chi connectivity index (χ2n) is 8.46. The summed E-state index contributed by atoms with van der Waals surface area (Å²) in [6.07, 6.45) is 6.48. The molecule has 0 radical (unpaired) electrons. The molecule has 0 amide bonds. The fourth-order valence-electron chi connectivity index (χ4n) is 4.50. The molecule has 0 saturated heterocycles. The molecule has 3 aromatic carbocycles. The normalized spacial score (nSPS) is 12.7. The Morgan fingerprint density at radius 2 is 1.06 bits per heavy atom. The Morgan fingerprint density at radius 1 is 0.656 bits per heavy atom. The molecule has 0 unspecified atom stereocenters. The van der Waals surface area contributed by atoms with Gasteiger partial charge in [0.2, 0.25) is 0 Å². The summed E-state index contributed by atoms with van der Waals surface area (Å²) < 4.78 is 2.29. The van der Waals surface area contributed by atoms with Crippen LogP contribution < -0.4 is 25.4 Å². The molecular weight excluding hydrogens is 475 g/mol. The van der Waals surface area contributed by atoms with Crippen molar-refractivity contribution in [3.63, 3.8) is 0 Å². The molecule has 0 saturated carbocycles. The Morgan fingerprint density at radius 3 is 1.44 bits per heavy atom. The van der Waals surface area contributed by atoms with Crippen molar-refractivity contribution in [3.05, 3.63) is 116 Å². The van der Waals surface area contributed by atoms with E-state index in [1.807, 2.05) is 0 Å². The number of nitrogens with zero attached hydrogens (tertiary/aromatic N) is 2. The van der Waals surface area contributed by atoms with E-state index in [0.29, 0.717) is 0 Å². The second kappa shape index (κ2) is 9.57. The standard InChI is InChI=1S/C28H31BrN2P/c1-30(2)25-19-22-31(23-20-25)21-12-24-32(29,26-13-6-3-7-14-26,27-15-8-4-9-16-27)28-17-10-5-11-18-28/h3-11,13-20,22-23H,12,21,24H2,1-2H3/q+1. The minimum absolute atomic E-state index is 0.976. The van der Waals surface area contributed by atoms with Gasteiger partial charge in [0.05, 0.1) is 0 Å². The van der Waals surface area contributed by atoms with Gasteiger partial charge in [0.15, 0.2) is 0 Å². The summed E-state index contributed by atoms with van der Waals surface area (Å²) >= 11 is 4.54. The third kappa shape index (κ3) is 4.25. The van der Waals surface area contributed by atoms with Crippen molar-refractivity contribution in [2.45, 2.75) is 13.0 Å². The van der Waals surface area contributed by atoms with Crippen LogP contribution in [0.3, 0.4) is 0 Å². The van der Waals surface area contributed by atoms with Crippen LogP contribution in [0.2, 0.25) is 0 Å². The van der Waals surface area contributed by atoms with Gasteiger partial charge in [-0.1, -0.05) is 0 Å². The van der Waals surface area contributed by atoms with Crippen LogP contribution in [0.15, 0.2) is 116 Å². The molecule has 0 aliphatic heterocycles. The van der Waals surface area contributed by atoms with E-state index in [4.69, 9.17) is 0 Å². The molecule has 1 aromatic heterocycles. The molecular formula is C28H31BrN2P+. The van der Waals surface area contributed by atoms with Crippen LogP contribution in [0.5, 0.6) is 0 Å². The van der Waals surface area contributed by atoms with E-state index in [-0.39, 0.29) is 0 Å². The number of anilines is 1. The van der Waals surface area contributed by atoms with E-state index in [9.17, 15) is 0 Å². The zero-order valence-corrected chi connectivity index (χ0v) is 21.3. The SMILES string of the molecule is CN(C)c1cc[n+](CCCP(Br)(c2ccccc2)(c2ccccc2)c2ccccc2)cc1. The van der Waals surface area contributed by atoms with Crippen LogP contribution in [0.1, 0.15) is 6.42 Å².